The number of carbonyl (C=O) groups excluding carboxylic acids is 1. The van der Waals surface area contributed by atoms with Gasteiger partial charge >= 0.3 is 0 Å². The van der Waals surface area contributed by atoms with Crippen LogP contribution in [0.25, 0.3) is 27.7 Å². The van der Waals surface area contributed by atoms with Crippen LogP contribution in [0.1, 0.15) is 25.0 Å². The zero-order valence-corrected chi connectivity index (χ0v) is 20.2. The first-order chi connectivity index (χ1) is 15.8. The molecule has 0 fully saturated rings. The van der Waals surface area contributed by atoms with Gasteiger partial charge in [-0.3, -0.25) is 4.79 Å². The minimum absolute atomic E-state index is 0.0943. The lowest BCUT2D eigenvalue weighted by Crippen LogP contribution is -2.34. The summed E-state index contributed by atoms with van der Waals surface area (Å²) >= 11 is 0. The number of carbonyl (C=O) groups is 1. The van der Waals surface area contributed by atoms with Gasteiger partial charge in [0.05, 0.1) is 34.2 Å². The van der Waals surface area contributed by atoms with Crippen molar-refractivity contribution in [3.8, 4) is 28.4 Å². The van der Waals surface area contributed by atoms with E-state index in [-0.39, 0.29) is 11.9 Å². The van der Waals surface area contributed by atoms with E-state index < -0.39 is 0 Å². The van der Waals surface area contributed by atoms with Gasteiger partial charge in [-0.05, 0) is 50.1 Å². The molecule has 3 aromatic rings. The molecule has 1 N–H and O–H groups in total. The SMILES string of the molecule is COCC(C)NC(=O)/C=C(\C)c1cc2c(-c3ccc(OC)c(OC)c3)coc2c(C)c1OC. The number of hydrogen-bond donors (Lipinski definition) is 1. The maximum absolute atomic E-state index is 12.5. The Hall–Kier alpha value is -3.45. The predicted molar refractivity (Wildman–Crippen MR) is 129 cm³/mol. The number of fused-ring (bicyclic) bond motifs is 1. The first-order valence-corrected chi connectivity index (χ1v) is 10.6. The van der Waals surface area contributed by atoms with Crippen LogP contribution in [0.2, 0.25) is 0 Å². The van der Waals surface area contributed by atoms with Crippen LogP contribution in [0.3, 0.4) is 0 Å². The molecule has 0 radical (unpaired) electrons. The fourth-order valence-electron chi connectivity index (χ4n) is 3.95. The standard InChI is InChI=1S/C26H31NO6/c1-15(10-24(28)27-16(2)13-29-4)19-12-20-21(14-33-26(20)17(3)25(19)32-7)18-8-9-22(30-5)23(11-18)31-6/h8-12,14,16H,13H2,1-7H3,(H,27,28)/b15-10+. The third-order valence-electron chi connectivity index (χ3n) is 5.52. The number of furan rings is 1. The molecule has 0 bridgehead atoms. The second kappa shape index (κ2) is 10.4. The minimum atomic E-state index is -0.191. The van der Waals surface area contributed by atoms with Crippen molar-refractivity contribution >= 4 is 22.4 Å². The normalized spacial score (nSPS) is 12.5. The van der Waals surface area contributed by atoms with Crippen molar-refractivity contribution in [3.05, 3.63) is 47.7 Å². The van der Waals surface area contributed by atoms with E-state index in [1.807, 2.05) is 45.0 Å². The highest BCUT2D eigenvalue weighted by Crippen LogP contribution is 2.42. The summed E-state index contributed by atoms with van der Waals surface area (Å²) in [5.41, 5.74) is 5.01. The number of benzene rings is 2. The maximum Gasteiger partial charge on any atom is 0.244 e. The molecular formula is C26H31NO6. The van der Waals surface area contributed by atoms with E-state index in [1.54, 1.807) is 40.8 Å². The Labute approximate surface area is 194 Å². The van der Waals surface area contributed by atoms with Gasteiger partial charge in [0.15, 0.2) is 11.5 Å². The average Bonchev–Trinajstić information content (AvgIpc) is 3.22. The third-order valence-corrected chi connectivity index (χ3v) is 5.52. The average molecular weight is 454 g/mol. The Morgan fingerprint density at radius 1 is 1.09 bits per heavy atom. The number of amides is 1. The predicted octanol–water partition coefficient (Wildman–Crippen LogP) is 4.99. The molecule has 3 rings (SSSR count). The fourth-order valence-corrected chi connectivity index (χ4v) is 3.95. The first-order valence-electron chi connectivity index (χ1n) is 10.6. The van der Waals surface area contributed by atoms with E-state index in [4.69, 9.17) is 23.4 Å². The summed E-state index contributed by atoms with van der Waals surface area (Å²) in [4.78, 5) is 12.5. The number of allylic oxidation sites excluding steroid dienone is 1. The zero-order chi connectivity index (χ0) is 24.1. The summed E-state index contributed by atoms with van der Waals surface area (Å²) in [5.74, 6) is 1.76. The largest absolute Gasteiger partial charge is 0.496 e. The number of rotatable bonds is 9. The minimum Gasteiger partial charge on any atom is -0.496 e. The van der Waals surface area contributed by atoms with Crippen LogP contribution in [-0.2, 0) is 9.53 Å². The molecule has 1 atom stereocenters. The van der Waals surface area contributed by atoms with Crippen LogP contribution < -0.4 is 19.5 Å². The molecule has 0 aliphatic heterocycles. The van der Waals surface area contributed by atoms with Gasteiger partial charge in [-0.2, -0.15) is 0 Å². The lowest BCUT2D eigenvalue weighted by Gasteiger charge is -2.15. The van der Waals surface area contributed by atoms with Crippen molar-refractivity contribution in [3.63, 3.8) is 0 Å². The smallest absolute Gasteiger partial charge is 0.244 e. The lowest BCUT2D eigenvalue weighted by molar-refractivity contribution is -0.117. The van der Waals surface area contributed by atoms with Crippen molar-refractivity contribution < 1.29 is 28.2 Å². The summed E-state index contributed by atoms with van der Waals surface area (Å²) in [6.07, 6.45) is 3.30. The molecule has 176 valence electrons. The van der Waals surface area contributed by atoms with E-state index in [0.29, 0.717) is 23.9 Å². The molecule has 0 aliphatic rings. The van der Waals surface area contributed by atoms with Gasteiger partial charge in [-0.25, -0.2) is 0 Å². The highest BCUT2D eigenvalue weighted by atomic mass is 16.5. The second-order valence-corrected chi connectivity index (χ2v) is 7.87. The van der Waals surface area contributed by atoms with Crippen LogP contribution in [0.15, 0.2) is 41.0 Å². The number of ether oxygens (including phenoxy) is 4. The molecule has 1 aromatic heterocycles. The molecule has 0 saturated carbocycles. The zero-order valence-electron chi connectivity index (χ0n) is 20.2. The molecule has 7 heteroatoms. The van der Waals surface area contributed by atoms with Gasteiger partial charge in [0.2, 0.25) is 5.91 Å². The van der Waals surface area contributed by atoms with E-state index in [2.05, 4.69) is 5.32 Å². The fraction of sp³-hybridized carbons (Fsp3) is 0.346. The van der Waals surface area contributed by atoms with Crippen LogP contribution in [0.4, 0.5) is 0 Å². The van der Waals surface area contributed by atoms with Crippen LogP contribution in [0.5, 0.6) is 17.2 Å². The summed E-state index contributed by atoms with van der Waals surface area (Å²) in [6, 6.07) is 7.63. The molecule has 0 saturated heterocycles. The molecule has 0 aliphatic carbocycles. The topological polar surface area (TPSA) is 79.2 Å². The first kappa shape index (κ1) is 24.2. The Bertz CT molecular complexity index is 1180. The van der Waals surface area contributed by atoms with Crippen LogP contribution in [0, 0.1) is 6.92 Å². The van der Waals surface area contributed by atoms with Gasteiger partial charge in [-0.15, -0.1) is 0 Å². The maximum atomic E-state index is 12.5. The summed E-state index contributed by atoms with van der Waals surface area (Å²) in [5, 5.41) is 3.81. The van der Waals surface area contributed by atoms with Crippen molar-refractivity contribution in [2.75, 3.05) is 35.0 Å². The number of aryl methyl sites for hydroxylation is 1. The summed E-state index contributed by atoms with van der Waals surface area (Å²) in [7, 11) is 6.43. The van der Waals surface area contributed by atoms with Gasteiger partial charge < -0.3 is 28.7 Å². The Morgan fingerprint density at radius 2 is 1.82 bits per heavy atom. The molecule has 0 spiro atoms. The Morgan fingerprint density at radius 3 is 2.45 bits per heavy atom. The van der Waals surface area contributed by atoms with Crippen molar-refractivity contribution in [2.24, 2.45) is 0 Å². The molecule has 1 heterocycles. The van der Waals surface area contributed by atoms with Gasteiger partial charge in [0.25, 0.3) is 0 Å². The molecular weight excluding hydrogens is 422 g/mol. The van der Waals surface area contributed by atoms with Crippen LogP contribution in [-0.4, -0.2) is 47.0 Å². The van der Waals surface area contributed by atoms with E-state index >= 15 is 0 Å². The highest BCUT2D eigenvalue weighted by molar-refractivity contribution is 6.01. The Balaban J connectivity index is 2.10. The third kappa shape index (κ3) is 4.98. The molecule has 1 unspecified atom stereocenters. The van der Waals surface area contributed by atoms with Gasteiger partial charge in [0, 0.05) is 41.3 Å². The van der Waals surface area contributed by atoms with E-state index in [1.165, 1.54) is 0 Å². The summed E-state index contributed by atoms with van der Waals surface area (Å²) in [6.45, 7) is 6.17. The molecule has 33 heavy (non-hydrogen) atoms. The molecule has 7 nitrogen and oxygen atoms in total. The monoisotopic (exact) mass is 453 g/mol. The second-order valence-electron chi connectivity index (χ2n) is 7.87. The lowest BCUT2D eigenvalue weighted by atomic mass is 9.96. The molecule has 2 aromatic carbocycles. The van der Waals surface area contributed by atoms with Gasteiger partial charge in [0.1, 0.15) is 11.3 Å². The number of nitrogens with one attached hydrogen (secondary N) is 1. The van der Waals surface area contributed by atoms with Crippen molar-refractivity contribution in [1.29, 1.82) is 0 Å². The van der Waals surface area contributed by atoms with E-state index in [0.717, 1.165) is 38.8 Å². The van der Waals surface area contributed by atoms with Crippen molar-refractivity contribution in [1.82, 2.24) is 5.32 Å². The number of methoxy groups -OCH3 is 4. The van der Waals surface area contributed by atoms with Crippen LogP contribution >= 0.6 is 0 Å². The quantitative estimate of drug-likeness (QED) is 0.460. The highest BCUT2D eigenvalue weighted by Gasteiger charge is 2.20. The Kier molecular flexibility index (Phi) is 7.66. The van der Waals surface area contributed by atoms with Crippen molar-refractivity contribution in [2.45, 2.75) is 26.8 Å². The number of hydrogen-bond acceptors (Lipinski definition) is 6. The van der Waals surface area contributed by atoms with E-state index in [9.17, 15) is 4.79 Å². The summed E-state index contributed by atoms with van der Waals surface area (Å²) < 4.78 is 27.5. The molecule has 1 amide bonds. The van der Waals surface area contributed by atoms with Gasteiger partial charge in [-0.1, -0.05) is 6.07 Å².